The van der Waals surface area contributed by atoms with Gasteiger partial charge in [0, 0.05) is 11.8 Å². The molecule has 1 nitrogen and oxygen atoms in total. The minimum Gasteiger partial charge on any atom is -0.303 e. The molecule has 0 spiro atoms. The fourth-order valence-corrected chi connectivity index (χ4v) is 2.49. The monoisotopic (exact) mass is 304 g/mol. The average molecular weight is 305 g/mol. The molecule has 0 aliphatic rings. The summed E-state index contributed by atoms with van der Waals surface area (Å²) in [5.41, 5.74) is 0. The van der Waals surface area contributed by atoms with E-state index in [0.717, 1.165) is 24.5 Å². The molecular formula is C15H29BrO. The molecule has 102 valence electrons. The van der Waals surface area contributed by atoms with Gasteiger partial charge in [0.1, 0.15) is 6.29 Å². The molecule has 0 saturated carbocycles. The van der Waals surface area contributed by atoms with Crippen molar-refractivity contribution in [2.45, 2.75) is 83.5 Å². The zero-order valence-electron chi connectivity index (χ0n) is 11.3. The molecule has 0 rings (SSSR count). The first kappa shape index (κ1) is 17.2. The number of carbonyl (C=O) groups is 1. The molecule has 0 aromatic carbocycles. The van der Waals surface area contributed by atoms with Crippen molar-refractivity contribution < 1.29 is 4.79 Å². The third-order valence-corrected chi connectivity index (χ3v) is 3.77. The van der Waals surface area contributed by atoms with Crippen LogP contribution in [0.2, 0.25) is 0 Å². The lowest BCUT2D eigenvalue weighted by Crippen LogP contribution is -1.83. The largest absolute Gasteiger partial charge is 0.303 e. The molecule has 0 unspecified atom stereocenters. The number of carbonyl (C=O) groups excluding carboxylic acids is 1. The SMILES string of the molecule is O=CCCCCCCCCCCCCCCBr. The Labute approximate surface area is 116 Å². The molecule has 2 heteroatoms. The van der Waals surface area contributed by atoms with Gasteiger partial charge in [-0.25, -0.2) is 0 Å². The van der Waals surface area contributed by atoms with Crippen molar-refractivity contribution in [3.8, 4) is 0 Å². The molecule has 0 aromatic heterocycles. The first-order valence-corrected chi connectivity index (χ1v) is 8.53. The van der Waals surface area contributed by atoms with Crippen LogP contribution in [0.3, 0.4) is 0 Å². The van der Waals surface area contributed by atoms with Crippen LogP contribution in [-0.2, 0) is 4.79 Å². The van der Waals surface area contributed by atoms with E-state index in [9.17, 15) is 4.79 Å². The topological polar surface area (TPSA) is 17.1 Å². The number of unbranched alkanes of at least 4 members (excludes halogenated alkanes) is 12. The van der Waals surface area contributed by atoms with Crippen molar-refractivity contribution in [3.05, 3.63) is 0 Å². The van der Waals surface area contributed by atoms with Crippen LogP contribution >= 0.6 is 15.9 Å². The van der Waals surface area contributed by atoms with Crippen molar-refractivity contribution in [1.82, 2.24) is 0 Å². The summed E-state index contributed by atoms with van der Waals surface area (Å²) in [5.74, 6) is 0. The Hall–Kier alpha value is 0.150. The molecule has 0 bridgehead atoms. The summed E-state index contributed by atoms with van der Waals surface area (Å²) in [6.45, 7) is 0. The van der Waals surface area contributed by atoms with Crippen molar-refractivity contribution in [1.29, 1.82) is 0 Å². The van der Waals surface area contributed by atoms with E-state index in [1.54, 1.807) is 0 Å². The predicted molar refractivity (Wildman–Crippen MR) is 79.9 cm³/mol. The average Bonchev–Trinajstić information content (AvgIpc) is 2.35. The minimum atomic E-state index is 0.758. The summed E-state index contributed by atoms with van der Waals surface area (Å²) in [5, 5.41) is 1.16. The predicted octanol–water partition coefficient (Wildman–Crippen LogP) is 5.65. The van der Waals surface area contributed by atoms with Gasteiger partial charge in [-0.1, -0.05) is 80.1 Å². The van der Waals surface area contributed by atoms with E-state index in [4.69, 9.17) is 0 Å². The third kappa shape index (κ3) is 16.1. The van der Waals surface area contributed by atoms with E-state index in [1.165, 1.54) is 70.6 Å². The standard InChI is InChI=1S/C15H29BrO/c16-14-12-10-8-6-4-2-1-3-5-7-9-11-13-15-17/h15H,1-14H2. The van der Waals surface area contributed by atoms with E-state index >= 15 is 0 Å². The van der Waals surface area contributed by atoms with Gasteiger partial charge in [0.15, 0.2) is 0 Å². The van der Waals surface area contributed by atoms with Crippen LogP contribution in [0.1, 0.15) is 83.5 Å². The van der Waals surface area contributed by atoms with Crippen LogP contribution in [0.5, 0.6) is 0 Å². The number of hydrogen-bond donors (Lipinski definition) is 0. The maximum atomic E-state index is 10.1. The van der Waals surface area contributed by atoms with Crippen LogP contribution < -0.4 is 0 Å². The second-order valence-corrected chi connectivity index (χ2v) is 5.68. The Balaban J connectivity index is 2.87. The first-order chi connectivity index (χ1) is 8.41. The summed E-state index contributed by atoms with van der Waals surface area (Å²) in [6, 6.07) is 0. The lowest BCUT2D eigenvalue weighted by Gasteiger charge is -2.02. The highest BCUT2D eigenvalue weighted by Gasteiger charge is 1.93. The van der Waals surface area contributed by atoms with Gasteiger partial charge in [-0.2, -0.15) is 0 Å². The second-order valence-electron chi connectivity index (χ2n) is 4.89. The highest BCUT2D eigenvalue weighted by Crippen LogP contribution is 2.12. The fourth-order valence-electron chi connectivity index (χ4n) is 2.09. The van der Waals surface area contributed by atoms with E-state index < -0.39 is 0 Å². The van der Waals surface area contributed by atoms with Crippen LogP contribution in [0, 0.1) is 0 Å². The number of rotatable bonds is 14. The molecule has 0 radical (unpaired) electrons. The Morgan fingerprint density at radius 2 is 0.941 bits per heavy atom. The van der Waals surface area contributed by atoms with Gasteiger partial charge in [0.25, 0.3) is 0 Å². The molecule has 17 heavy (non-hydrogen) atoms. The van der Waals surface area contributed by atoms with E-state index in [0.29, 0.717) is 0 Å². The van der Waals surface area contributed by atoms with Crippen LogP contribution in [0.15, 0.2) is 0 Å². The van der Waals surface area contributed by atoms with E-state index in [-0.39, 0.29) is 0 Å². The number of hydrogen-bond acceptors (Lipinski definition) is 1. The van der Waals surface area contributed by atoms with E-state index in [1.807, 2.05) is 0 Å². The highest BCUT2D eigenvalue weighted by atomic mass is 79.9. The van der Waals surface area contributed by atoms with Gasteiger partial charge in [-0.3, -0.25) is 0 Å². The highest BCUT2D eigenvalue weighted by molar-refractivity contribution is 9.09. The molecule has 0 aromatic rings. The molecule has 0 amide bonds. The van der Waals surface area contributed by atoms with Crippen molar-refractivity contribution >= 4 is 22.2 Å². The quantitative estimate of drug-likeness (QED) is 0.230. The Morgan fingerprint density at radius 3 is 1.29 bits per heavy atom. The Bertz CT molecular complexity index is 148. The maximum absolute atomic E-state index is 10.1. The molecule has 0 N–H and O–H groups in total. The van der Waals surface area contributed by atoms with Crippen molar-refractivity contribution in [2.75, 3.05) is 5.33 Å². The zero-order chi connectivity index (χ0) is 12.6. The molecule has 0 atom stereocenters. The second kappa shape index (κ2) is 16.1. The Morgan fingerprint density at radius 1 is 0.588 bits per heavy atom. The molecule has 0 fully saturated rings. The first-order valence-electron chi connectivity index (χ1n) is 7.41. The molecule has 0 heterocycles. The summed E-state index contributed by atoms with van der Waals surface area (Å²) in [6.07, 6.45) is 18.0. The van der Waals surface area contributed by atoms with Crippen LogP contribution in [-0.4, -0.2) is 11.6 Å². The minimum absolute atomic E-state index is 0.758. The van der Waals surface area contributed by atoms with Gasteiger partial charge in [-0.05, 0) is 12.8 Å². The Kier molecular flexibility index (Phi) is 16.3. The maximum Gasteiger partial charge on any atom is 0.119 e. The van der Waals surface area contributed by atoms with Crippen LogP contribution in [0.25, 0.3) is 0 Å². The molecule has 0 aliphatic heterocycles. The molecule has 0 saturated heterocycles. The normalized spacial score (nSPS) is 10.6. The summed E-state index contributed by atoms with van der Waals surface area (Å²) in [4.78, 5) is 10.1. The third-order valence-electron chi connectivity index (χ3n) is 3.21. The summed E-state index contributed by atoms with van der Waals surface area (Å²) in [7, 11) is 0. The zero-order valence-corrected chi connectivity index (χ0v) is 12.8. The van der Waals surface area contributed by atoms with Gasteiger partial charge in [0.05, 0.1) is 0 Å². The van der Waals surface area contributed by atoms with Crippen LogP contribution in [0.4, 0.5) is 0 Å². The number of aldehydes is 1. The molecule has 0 aliphatic carbocycles. The summed E-state index contributed by atoms with van der Waals surface area (Å²) >= 11 is 3.46. The number of halogens is 1. The van der Waals surface area contributed by atoms with Crippen molar-refractivity contribution in [2.24, 2.45) is 0 Å². The van der Waals surface area contributed by atoms with Gasteiger partial charge in [-0.15, -0.1) is 0 Å². The lowest BCUT2D eigenvalue weighted by molar-refractivity contribution is -0.107. The van der Waals surface area contributed by atoms with Crippen molar-refractivity contribution in [3.63, 3.8) is 0 Å². The lowest BCUT2D eigenvalue weighted by atomic mass is 10.0. The van der Waals surface area contributed by atoms with E-state index in [2.05, 4.69) is 15.9 Å². The molecular weight excluding hydrogens is 276 g/mol. The number of alkyl halides is 1. The fraction of sp³-hybridized carbons (Fsp3) is 0.933. The van der Waals surface area contributed by atoms with Gasteiger partial charge < -0.3 is 4.79 Å². The summed E-state index contributed by atoms with van der Waals surface area (Å²) < 4.78 is 0. The van der Waals surface area contributed by atoms with Gasteiger partial charge in [0.2, 0.25) is 0 Å². The smallest absolute Gasteiger partial charge is 0.119 e. The van der Waals surface area contributed by atoms with Gasteiger partial charge >= 0.3 is 0 Å².